The fourth-order valence-corrected chi connectivity index (χ4v) is 5.47. The van der Waals surface area contributed by atoms with Crippen molar-refractivity contribution in [3.63, 3.8) is 0 Å². The van der Waals surface area contributed by atoms with Gasteiger partial charge in [0.05, 0.1) is 17.2 Å². The normalized spacial score (nSPS) is 26.5. The average molecular weight is 438 g/mol. The Labute approximate surface area is 179 Å². The molecule has 1 nitrogen and oxygen atoms in total. The van der Waals surface area contributed by atoms with Gasteiger partial charge in [0, 0.05) is 6.61 Å². The van der Waals surface area contributed by atoms with Gasteiger partial charge in [0.25, 0.3) is 0 Å². The van der Waals surface area contributed by atoms with Crippen molar-refractivity contribution in [3.8, 4) is 11.1 Å². The van der Waals surface area contributed by atoms with Crippen LogP contribution in [0.1, 0.15) is 62.5 Å². The summed E-state index contributed by atoms with van der Waals surface area (Å²) in [7, 11) is 0. The highest BCUT2D eigenvalue weighted by Gasteiger charge is 2.36. The molecule has 0 bridgehead atoms. The molecule has 31 heavy (non-hydrogen) atoms. The van der Waals surface area contributed by atoms with Gasteiger partial charge in [-0.15, -0.1) is 0 Å². The van der Waals surface area contributed by atoms with Crippen molar-refractivity contribution in [2.75, 3.05) is 6.61 Å². The van der Waals surface area contributed by atoms with Crippen LogP contribution in [0.25, 0.3) is 11.1 Å². The monoisotopic (exact) mass is 438 g/mol. The van der Waals surface area contributed by atoms with Crippen molar-refractivity contribution in [3.05, 3.63) is 59.2 Å². The number of fused-ring (bicyclic) bond motifs is 1. The summed E-state index contributed by atoms with van der Waals surface area (Å²) >= 11 is 0. The van der Waals surface area contributed by atoms with E-state index in [0.717, 1.165) is 69.4 Å². The van der Waals surface area contributed by atoms with Crippen LogP contribution in [0.4, 0.5) is 22.0 Å². The fourth-order valence-electron chi connectivity index (χ4n) is 5.47. The molecular formula is C25H27F5O. The molecule has 0 aliphatic heterocycles. The van der Waals surface area contributed by atoms with Gasteiger partial charge in [-0.1, -0.05) is 12.1 Å². The van der Waals surface area contributed by atoms with Gasteiger partial charge in [0.1, 0.15) is 11.6 Å². The minimum Gasteiger partial charge on any atom is -0.378 e. The predicted octanol–water partition coefficient (Wildman–Crippen LogP) is 7.74. The van der Waals surface area contributed by atoms with E-state index in [1.54, 1.807) is 0 Å². The molecule has 4 rings (SSSR count). The number of ether oxygens (including phenoxy) is 1. The third kappa shape index (κ3) is 4.79. The molecule has 2 aromatic carbocycles. The molecule has 6 heteroatoms. The highest BCUT2D eigenvalue weighted by Crippen LogP contribution is 2.47. The first-order valence-electron chi connectivity index (χ1n) is 11.0. The van der Waals surface area contributed by atoms with Gasteiger partial charge < -0.3 is 4.74 Å². The van der Waals surface area contributed by atoms with E-state index in [9.17, 15) is 22.0 Å². The SMILES string of the molecule is CCOC1CCC2CC(c3cc(F)c(-c4ccc(C(F)(F)F)cc4)c(F)c3)CCC2C1. The van der Waals surface area contributed by atoms with Crippen molar-refractivity contribution in [2.24, 2.45) is 11.8 Å². The second-order valence-electron chi connectivity index (χ2n) is 8.86. The molecule has 0 aromatic heterocycles. The first kappa shape index (κ1) is 22.3. The van der Waals surface area contributed by atoms with Gasteiger partial charge in [0.15, 0.2) is 0 Å². The number of hydrogen-bond donors (Lipinski definition) is 0. The number of hydrogen-bond acceptors (Lipinski definition) is 1. The van der Waals surface area contributed by atoms with E-state index in [4.69, 9.17) is 4.74 Å². The van der Waals surface area contributed by atoms with Crippen LogP contribution in [0.2, 0.25) is 0 Å². The summed E-state index contributed by atoms with van der Waals surface area (Å²) in [5, 5.41) is 0. The summed E-state index contributed by atoms with van der Waals surface area (Å²) < 4.78 is 73.8. The zero-order valence-electron chi connectivity index (χ0n) is 17.5. The van der Waals surface area contributed by atoms with Crippen molar-refractivity contribution in [1.29, 1.82) is 0 Å². The summed E-state index contributed by atoms with van der Waals surface area (Å²) in [5.41, 5.74) is -0.364. The van der Waals surface area contributed by atoms with Crippen LogP contribution in [-0.4, -0.2) is 12.7 Å². The first-order valence-corrected chi connectivity index (χ1v) is 11.0. The molecule has 0 N–H and O–H groups in total. The number of alkyl halides is 3. The smallest absolute Gasteiger partial charge is 0.378 e. The zero-order valence-corrected chi connectivity index (χ0v) is 17.5. The number of benzene rings is 2. The van der Waals surface area contributed by atoms with E-state index in [0.29, 0.717) is 23.5 Å². The first-order chi connectivity index (χ1) is 14.8. The Morgan fingerprint density at radius 2 is 1.48 bits per heavy atom. The molecule has 4 unspecified atom stereocenters. The van der Waals surface area contributed by atoms with Crippen LogP contribution in [0.3, 0.4) is 0 Å². The number of rotatable bonds is 4. The van der Waals surface area contributed by atoms with Gasteiger partial charge in [-0.3, -0.25) is 0 Å². The summed E-state index contributed by atoms with van der Waals surface area (Å²) in [4.78, 5) is 0. The van der Waals surface area contributed by atoms with Gasteiger partial charge in [-0.25, -0.2) is 8.78 Å². The molecule has 2 aliphatic rings. The third-order valence-corrected chi connectivity index (χ3v) is 7.00. The summed E-state index contributed by atoms with van der Waals surface area (Å²) in [5.74, 6) is -0.178. The second-order valence-corrected chi connectivity index (χ2v) is 8.86. The van der Waals surface area contributed by atoms with Crippen molar-refractivity contribution >= 4 is 0 Å². The minimum absolute atomic E-state index is 0.104. The van der Waals surface area contributed by atoms with E-state index >= 15 is 0 Å². The van der Waals surface area contributed by atoms with E-state index < -0.39 is 23.4 Å². The zero-order chi connectivity index (χ0) is 22.2. The van der Waals surface area contributed by atoms with Crippen LogP contribution < -0.4 is 0 Å². The molecule has 2 saturated carbocycles. The Morgan fingerprint density at radius 1 is 0.871 bits per heavy atom. The maximum Gasteiger partial charge on any atom is 0.416 e. The quantitative estimate of drug-likeness (QED) is 0.444. The van der Waals surface area contributed by atoms with E-state index in [2.05, 4.69) is 0 Å². The van der Waals surface area contributed by atoms with Crippen molar-refractivity contribution in [2.45, 2.75) is 63.6 Å². The van der Waals surface area contributed by atoms with Crippen LogP contribution >= 0.6 is 0 Å². The van der Waals surface area contributed by atoms with E-state index in [1.165, 1.54) is 12.1 Å². The molecule has 4 atom stereocenters. The molecule has 2 aliphatic carbocycles. The van der Waals surface area contributed by atoms with Crippen LogP contribution in [0, 0.1) is 23.5 Å². The lowest BCUT2D eigenvalue weighted by atomic mass is 9.65. The molecule has 0 saturated heterocycles. The summed E-state index contributed by atoms with van der Waals surface area (Å²) in [6.45, 7) is 2.74. The molecule has 2 fully saturated rings. The van der Waals surface area contributed by atoms with Crippen molar-refractivity contribution < 1.29 is 26.7 Å². The summed E-state index contributed by atoms with van der Waals surface area (Å²) in [6, 6.07) is 6.67. The lowest BCUT2D eigenvalue weighted by Gasteiger charge is -2.42. The topological polar surface area (TPSA) is 9.23 Å². The molecule has 0 amide bonds. The van der Waals surface area contributed by atoms with E-state index in [1.807, 2.05) is 6.92 Å². The molecule has 2 aromatic rings. The highest BCUT2D eigenvalue weighted by molar-refractivity contribution is 5.66. The molecule has 0 spiro atoms. The summed E-state index contributed by atoms with van der Waals surface area (Å²) in [6.07, 6.45) is 1.88. The van der Waals surface area contributed by atoms with Crippen LogP contribution in [0.5, 0.6) is 0 Å². The Balaban J connectivity index is 1.50. The predicted molar refractivity (Wildman–Crippen MR) is 110 cm³/mol. The maximum atomic E-state index is 14.9. The molecule has 0 radical (unpaired) electrons. The average Bonchev–Trinajstić information content (AvgIpc) is 2.73. The van der Waals surface area contributed by atoms with Crippen molar-refractivity contribution in [1.82, 2.24) is 0 Å². The van der Waals surface area contributed by atoms with Gasteiger partial charge in [0.2, 0.25) is 0 Å². The second kappa shape index (κ2) is 8.89. The third-order valence-electron chi connectivity index (χ3n) is 7.00. The Hall–Kier alpha value is -1.95. The Kier molecular flexibility index (Phi) is 6.38. The Bertz CT molecular complexity index is 882. The lowest BCUT2D eigenvalue weighted by Crippen LogP contribution is -2.33. The van der Waals surface area contributed by atoms with Gasteiger partial charge in [-0.05, 0) is 98.6 Å². The molecule has 168 valence electrons. The van der Waals surface area contributed by atoms with Gasteiger partial charge >= 0.3 is 6.18 Å². The van der Waals surface area contributed by atoms with E-state index in [-0.39, 0.29) is 17.0 Å². The number of halogens is 5. The fraction of sp³-hybridized carbons (Fsp3) is 0.520. The standard InChI is InChI=1S/C25H27F5O/c1-2-31-21-10-7-16-11-17(3-4-18(16)12-21)19-13-22(26)24(23(27)14-19)15-5-8-20(9-6-15)25(28,29)30/h5-6,8-9,13-14,16-18,21H,2-4,7,10-12H2,1H3. The van der Waals surface area contributed by atoms with Crippen LogP contribution in [-0.2, 0) is 10.9 Å². The van der Waals surface area contributed by atoms with Crippen LogP contribution in [0.15, 0.2) is 36.4 Å². The minimum atomic E-state index is -4.49. The molecule has 0 heterocycles. The Morgan fingerprint density at radius 3 is 2.10 bits per heavy atom. The molecular weight excluding hydrogens is 411 g/mol. The van der Waals surface area contributed by atoms with Gasteiger partial charge in [-0.2, -0.15) is 13.2 Å². The lowest BCUT2D eigenvalue weighted by molar-refractivity contribution is -0.137. The maximum absolute atomic E-state index is 14.9. The highest BCUT2D eigenvalue weighted by atomic mass is 19.4. The largest absolute Gasteiger partial charge is 0.416 e.